The number of halogens is 6. The van der Waals surface area contributed by atoms with Crippen molar-refractivity contribution in [1.29, 1.82) is 0 Å². The molecule has 644 valence electrons. The van der Waals surface area contributed by atoms with Crippen molar-refractivity contribution in [2.45, 2.75) is 112 Å². The molecule has 116 heavy (non-hydrogen) atoms. The number of hydrogen-bond donors (Lipinski definition) is 5. The summed E-state index contributed by atoms with van der Waals surface area (Å²) in [7, 11) is -0.814. The number of Topliss-reactive ketones (excluding diaryl/α,β-unsaturated/α-hetero) is 1. The third-order valence-electron chi connectivity index (χ3n) is 19.5. The fraction of sp³-hybridized carbons (Fsp3) is 0.553. The van der Waals surface area contributed by atoms with E-state index in [4.69, 9.17) is 118 Å². The molecular formula is C85H120Cl6N8O15S2. The number of likely N-dealkylation sites (N-methyl/N-ethyl adjacent to an activating group) is 3. The zero-order valence-corrected chi connectivity index (χ0v) is 74.0. The van der Waals surface area contributed by atoms with Crippen molar-refractivity contribution >= 4 is 101 Å². The summed E-state index contributed by atoms with van der Waals surface area (Å²) in [6, 6.07) is 34.2. The van der Waals surface area contributed by atoms with Crippen LogP contribution in [0.1, 0.15) is 132 Å². The molecule has 6 N–H and O–H groups in total. The molecule has 0 saturated carbocycles. The van der Waals surface area contributed by atoms with E-state index in [1.165, 1.54) is 22.3 Å². The minimum absolute atomic E-state index is 0.0433. The Morgan fingerprint density at radius 1 is 0.440 bits per heavy atom. The fourth-order valence-electron chi connectivity index (χ4n) is 13.7. The molecule has 3 atom stereocenters. The van der Waals surface area contributed by atoms with Crippen molar-refractivity contribution in [3.05, 3.63) is 195 Å². The van der Waals surface area contributed by atoms with Crippen molar-refractivity contribution in [3.8, 4) is 0 Å². The van der Waals surface area contributed by atoms with Crippen LogP contribution in [0, 0.1) is 0 Å². The number of sulfonamides is 1. The number of sulfone groups is 1. The lowest BCUT2D eigenvalue weighted by Crippen LogP contribution is -2.37. The largest absolute Gasteiger partial charge is 0.379 e. The highest BCUT2D eigenvalue weighted by molar-refractivity contribution is 7.91. The van der Waals surface area contributed by atoms with E-state index in [0.29, 0.717) is 201 Å². The summed E-state index contributed by atoms with van der Waals surface area (Å²) in [5, 5.41) is 12.9. The monoisotopic (exact) mass is 1770 g/mol. The van der Waals surface area contributed by atoms with Crippen molar-refractivity contribution in [1.82, 2.24) is 35.4 Å². The van der Waals surface area contributed by atoms with Gasteiger partial charge in [-0.1, -0.05) is 131 Å². The van der Waals surface area contributed by atoms with Crippen LogP contribution in [-0.4, -0.2) is 248 Å². The number of hydrogen-bond acceptors (Lipinski definition) is 20. The van der Waals surface area contributed by atoms with Crippen molar-refractivity contribution in [2.24, 2.45) is 5.73 Å². The van der Waals surface area contributed by atoms with Gasteiger partial charge < -0.3 is 79.0 Å². The Bertz CT molecular complexity index is 4150. The highest BCUT2D eigenvalue weighted by Gasteiger charge is 2.31. The Balaban J connectivity index is 0.000000265. The van der Waals surface area contributed by atoms with E-state index in [0.717, 1.165) is 103 Å². The van der Waals surface area contributed by atoms with E-state index in [1.54, 1.807) is 42.5 Å². The Kier molecular flexibility index (Phi) is 46.4. The third kappa shape index (κ3) is 35.4. The topological polar surface area (TPSA) is 269 Å². The molecular weight excluding hydrogens is 1650 g/mol. The highest BCUT2D eigenvalue weighted by Crippen LogP contribution is 2.42. The third-order valence-corrected chi connectivity index (χ3v) is 24.5. The predicted octanol–water partition coefficient (Wildman–Crippen LogP) is 13.6. The molecule has 6 aromatic carbocycles. The van der Waals surface area contributed by atoms with E-state index in [1.807, 2.05) is 64.3 Å². The van der Waals surface area contributed by atoms with Crippen LogP contribution >= 0.6 is 69.6 Å². The van der Waals surface area contributed by atoms with Gasteiger partial charge in [-0.2, -0.15) is 0 Å². The second-order valence-corrected chi connectivity index (χ2v) is 35.1. The normalized spacial score (nSPS) is 15.7. The summed E-state index contributed by atoms with van der Waals surface area (Å²) in [5.41, 5.74) is 16.4. The van der Waals surface area contributed by atoms with Gasteiger partial charge in [-0.05, 0) is 183 Å². The van der Waals surface area contributed by atoms with E-state index in [-0.39, 0.29) is 53.4 Å². The number of nitrogens with zero attached hydrogens (tertiary/aromatic N) is 3. The molecule has 23 nitrogen and oxygen atoms in total. The van der Waals surface area contributed by atoms with Gasteiger partial charge in [-0.15, -0.1) is 0 Å². The smallest absolute Gasteiger partial charge is 0.314 e. The average molecular weight is 1770 g/mol. The lowest BCUT2D eigenvalue weighted by Gasteiger charge is -2.33. The minimum Gasteiger partial charge on any atom is -0.379 e. The number of benzene rings is 6. The summed E-state index contributed by atoms with van der Waals surface area (Å²) in [6.45, 7) is 20.8. The van der Waals surface area contributed by atoms with Crippen molar-refractivity contribution in [3.63, 3.8) is 0 Å². The molecule has 2 amide bonds. The molecule has 3 heterocycles. The number of carbonyl (C=O) groups excluding carboxylic acids is 2. The van der Waals surface area contributed by atoms with Crippen LogP contribution < -0.4 is 26.4 Å². The Morgan fingerprint density at radius 2 is 0.862 bits per heavy atom. The first kappa shape index (κ1) is 98.4. The van der Waals surface area contributed by atoms with E-state index < -0.39 is 19.9 Å². The standard InChI is InChI=1S/C40H62Cl2N4O10S.C26H37Cl2N3O3.C19H21Cl2NO2S/c1-3-51-19-20-55-24-21-52-16-8-11-34(47)10-5-4-6-13-43-40(48)44-14-17-53-22-25-56-26-23-54-18-15-45-57(49,50)35-12-7-9-32(27-35)37-30-46(2)31-38-36(37)28-33(41)29-39(38)42;1-31-18-24(23-16-22(27)17-26(28)25(23)19-31)21-4-2-20(3-5-21)6-8-30-9-11-33-13-15-34-14-12-32-10-7-29;1-3-7-25(23,24)15-6-4-5-13(8-15)17-11-22(2)12-18-16(17)9-14(20)10-19(18)21/h7,9,12,27-29,37,45H,3-6,8,10-11,13-26,30-31H2,1-2H3,(H2,43,44,48);2-5,16-17,24,30H,6-15,18-19,29H2,1H3;4-6,8-10,17H,3,7,11-12H2,1-2H3. The van der Waals surface area contributed by atoms with Crippen molar-refractivity contribution < 1.29 is 69.1 Å². The zero-order valence-electron chi connectivity index (χ0n) is 67.8. The van der Waals surface area contributed by atoms with Crippen LogP contribution in [0.3, 0.4) is 0 Å². The van der Waals surface area contributed by atoms with Gasteiger partial charge in [0, 0.05) is 146 Å². The Morgan fingerprint density at radius 3 is 1.35 bits per heavy atom. The lowest BCUT2D eigenvalue weighted by atomic mass is 9.84. The van der Waals surface area contributed by atoms with Crippen LogP contribution in [0.2, 0.25) is 30.1 Å². The van der Waals surface area contributed by atoms with Gasteiger partial charge in [-0.25, -0.2) is 26.4 Å². The number of ether oxygens (including phenoxy) is 9. The molecule has 3 unspecified atom stereocenters. The number of fused-ring (bicyclic) bond motifs is 3. The Labute approximate surface area is 718 Å². The van der Waals surface area contributed by atoms with Crippen LogP contribution in [0.25, 0.3) is 0 Å². The summed E-state index contributed by atoms with van der Waals surface area (Å²) in [6.07, 6.45) is 5.83. The molecule has 9 rings (SSSR count). The number of carbonyl (C=O) groups is 2. The van der Waals surface area contributed by atoms with Crippen LogP contribution in [0.15, 0.2) is 119 Å². The maximum absolute atomic E-state index is 13.1. The van der Waals surface area contributed by atoms with Crippen molar-refractivity contribution in [2.75, 3.05) is 205 Å². The maximum Gasteiger partial charge on any atom is 0.314 e. The van der Waals surface area contributed by atoms with Gasteiger partial charge in [0.2, 0.25) is 10.0 Å². The molecule has 0 saturated heterocycles. The number of amides is 2. The molecule has 0 spiro atoms. The van der Waals surface area contributed by atoms with Gasteiger partial charge >= 0.3 is 6.03 Å². The first-order valence-electron chi connectivity index (χ1n) is 40.1. The molecule has 6 aromatic rings. The summed E-state index contributed by atoms with van der Waals surface area (Å²) in [5.74, 6) is 0.645. The lowest BCUT2D eigenvalue weighted by molar-refractivity contribution is -0.119. The number of nitrogens with two attached hydrogens (primary N) is 1. The molecule has 0 radical (unpaired) electrons. The quantitative estimate of drug-likeness (QED) is 0.0222. The first-order chi connectivity index (χ1) is 56.0. The molecule has 3 aliphatic heterocycles. The first-order valence-corrected chi connectivity index (χ1v) is 45.5. The number of rotatable bonds is 51. The predicted molar refractivity (Wildman–Crippen MR) is 464 cm³/mol. The van der Waals surface area contributed by atoms with Gasteiger partial charge in [0.05, 0.1) is 121 Å². The van der Waals surface area contributed by atoms with E-state index >= 15 is 0 Å². The Hall–Kier alpha value is -4.70. The molecule has 0 aliphatic carbocycles. The molecule has 0 aromatic heterocycles. The number of unbranched alkanes of at least 4 members (excludes halogenated alkanes) is 2. The molecule has 0 bridgehead atoms. The van der Waals surface area contributed by atoms with Gasteiger partial charge in [0.15, 0.2) is 9.84 Å². The van der Waals surface area contributed by atoms with Gasteiger partial charge in [0.1, 0.15) is 5.78 Å². The van der Waals surface area contributed by atoms with Gasteiger partial charge in [0.25, 0.3) is 0 Å². The van der Waals surface area contributed by atoms with Crippen LogP contribution in [0.4, 0.5) is 4.79 Å². The second kappa shape index (κ2) is 54.6. The fourth-order valence-corrected chi connectivity index (χ4v) is 17.9. The van der Waals surface area contributed by atoms with Gasteiger partial charge in [-0.3, -0.25) is 4.79 Å². The number of urea groups is 1. The highest BCUT2D eigenvalue weighted by atomic mass is 35.5. The number of nitrogens with one attached hydrogen (secondary N) is 4. The summed E-state index contributed by atoms with van der Waals surface area (Å²) < 4.78 is 102. The van der Waals surface area contributed by atoms with E-state index in [2.05, 4.69) is 72.8 Å². The van der Waals surface area contributed by atoms with E-state index in [9.17, 15) is 26.4 Å². The summed E-state index contributed by atoms with van der Waals surface area (Å²) >= 11 is 38.3. The molecule has 31 heteroatoms. The maximum atomic E-state index is 13.1. The number of ketones is 1. The molecule has 0 fully saturated rings. The van der Waals surface area contributed by atoms with Crippen LogP contribution in [0.5, 0.6) is 0 Å². The minimum atomic E-state index is -3.76. The summed E-state index contributed by atoms with van der Waals surface area (Å²) in [4.78, 5) is 31.2. The second-order valence-electron chi connectivity index (χ2n) is 28.7. The van der Waals surface area contributed by atoms with Crippen LogP contribution in [-0.2, 0) is 93.3 Å². The average Bonchev–Trinajstić information content (AvgIpc) is 0.788. The SMILES string of the molecule is CCCS(=O)(=O)c1cccc(C2CN(C)Cc3c(Cl)cc(Cl)cc32)c1.CCOCCOCCOCCCC(=O)CCCCCNC(=O)NCCOCCOCCOCCNS(=O)(=O)c1cccc(C2CN(C)Cc3c(Cl)cc(Cl)cc32)c1.CN1Cc2c(Cl)cc(Cl)cc2C(c2ccc(CCNCCOCCOCCOCCN)cc2)C1. The zero-order chi connectivity index (χ0) is 83.5. The molecule has 3 aliphatic rings.